The molecule has 0 atom stereocenters. The fourth-order valence-corrected chi connectivity index (χ4v) is 3.52. The lowest BCUT2D eigenvalue weighted by Crippen LogP contribution is -2.24. The molecule has 0 fully saturated rings. The van der Waals surface area contributed by atoms with Crippen LogP contribution in [-0.4, -0.2) is 29.5 Å². The predicted octanol–water partition coefficient (Wildman–Crippen LogP) is 3.93. The molecule has 4 heteroatoms. The summed E-state index contributed by atoms with van der Waals surface area (Å²) in [5.74, 6) is 0. The molecule has 1 aromatic heterocycles. The molecule has 22 heavy (non-hydrogen) atoms. The van der Waals surface area contributed by atoms with Crippen molar-refractivity contribution in [1.29, 1.82) is 0 Å². The molecule has 1 aromatic carbocycles. The van der Waals surface area contributed by atoms with Gasteiger partial charge in [0.2, 0.25) is 0 Å². The SMILES string of the molecule is CCCN(CCC)Cc1cccc(-c2nc(CCN)cs2)c1. The van der Waals surface area contributed by atoms with Gasteiger partial charge < -0.3 is 5.73 Å². The van der Waals surface area contributed by atoms with Gasteiger partial charge in [-0.25, -0.2) is 4.98 Å². The van der Waals surface area contributed by atoms with Gasteiger partial charge in [0, 0.05) is 23.9 Å². The zero-order valence-corrected chi connectivity index (χ0v) is 14.5. The number of nitrogens with two attached hydrogens (primary N) is 1. The Hall–Kier alpha value is -1.23. The molecule has 1 heterocycles. The lowest BCUT2D eigenvalue weighted by atomic mass is 10.1. The molecule has 2 aromatic rings. The van der Waals surface area contributed by atoms with Crippen molar-refractivity contribution in [3.8, 4) is 10.6 Å². The normalized spacial score (nSPS) is 11.3. The van der Waals surface area contributed by atoms with E-state index in [1.165, 1.54) is 24.0 Å². The van der Waals surface area contributed by atoms with Crippen LogP contribution in [0.5, 0.6) is 0 Å². The van der Waals surface area contributed by atoms with E-state index in [0.717, 1.165) is 36.8 Å². The summed E-state index contributed by atoms with van der Waals surface area (Å²) in [4.78, 5) is 7.22. The molecular weight excluding hydrogens is 290 g/mol. The van der Waals surface area contributed by atoms with Crippen LogP contribution in [0, 0.1) is 0 Å². The summed E-state index contributed by atoms with van der Waals surface area (Å²) >= 11 is 1.71. The standard InChI is InChI=1S/C18H27N3S/c1-3-10-21(11-4-2)13-15-6-5-7-16(12-15)18-20-17(8-9-19)14-22-18/h5-7,12,14H,3-4,8-11,13,19H2,1-2H3. The van der Waals surface area contributed by atoms with Crippen molar-refractivity contribution < 1.29 is 0 Å². The summed E-state index contributed by atoms with van der Waals surface area (Å²) in [5.41, 5.74) is 9.30. The maximum absolute atomic E-state index is 5.60. The highest BCUT2D eigenvalue weighted by atomic mass is 32.1. The third kappa shape index (κ3) is 4.90. The molecule has 0 spiro atoms. The van der Waals surface area contributed by atoms with Crippen molar-refractivity contribution in [2.75, 3.05) is 19.6 Å². The van der Waals surface area contributed by atoms with Crippen molar-refractivity contribution in [3.05, 3.63) is 40.9 Å². The van der Waals surface area contributed by atoms with Gasteiger partial charge in [0.25, 0.3) is 0 Å². The van der Waals surface area contributed by atoms with E-state index in [4.69, 9.17) is 5.73 Å². The van der Waals surface area contributed by atoms with Crippen molar-refractivity contribution in [2.24, 2.45) is 5.73 Å². The molecule has 0 aliphatic rings. The van der Waals surface area contributed by atoms with Crippen LogP contribution in [0.3, 0.4) is 0 Å². The maximum atomic E-state index is 5.60. The molecule has 0 bridgehead atoms. The second-order valence-electron chi connectivity index (χ2n) is 5.66. The maximum Gasteiger partial charge on any atom is 0.123 e. The van der Waals surface area contributed by atoms with Gasteiger partial charge in [0.1, 0.15) is 5.01 Å². The number of thiazole rings is 1. The minimum atomic E-state index is 0.659. The number of nitrogens with zero attached hydrogens (tertiary/aromatic N) is 2. The van der Waals surface area contributed by atoms with Crippen LogP contribution in [0.4, 0.5) is 0 Å². The molecule has 0 unspecified atom stereocenters. The fourth-order valence-electron chi connectivity index (χ4n) is 2.67. The van der Waals surface area contributed by atoms with E-state index < -0.39 is 0 Å². The monoisotopic (exact) mass is 317 g/mol. The van der Waals surface area contributed by atoms with Crippen LogP contribution in [0.1, 0.15) is 37.9 Å². The highest BCUT2D eigenvalue weighted by molar-refractivity contribution is 7.13. The van der Waals surface area contributed by atoms with Crippen LogP contribution in [-0.2, 0) is 13.0 Å². The average Bonchev–Trinajstić information content (AvgIpc) is 2.97. The zero-order valence-electron chi connectivity index (χ0n) is 13.7. The van der Waals surface area contributed by atoms with Crippen molar-refractivity contribution in [3.63, 3.8) is 0 Å². The lowest BCUT2D eigenvalue weighted by molar-refractivity contribution is 0.266. The number of hydrogen-bond acceptors (Lipinski definition) is 4. The van der Waals surface area contributed by atoms with E-state index in [-0.39, 0.29) is 0 Å². The Morgan fingerprint density at radius 2 is 1.95 bits per heavy atom. The second kappa shape index (κ2) is 9.03. The van der Waals surface area contributed by atoms with Gasteiger partial charge >= 0.3 is 0 Å². The van der Waals surface area contributed by atoms with E-state index in [2.05, 4.69) is 53.4 Å². The number of rotatable bonds is 9. The molecule has 0 aliphatic heterocycles. The second-order valence-corrected chi connectivity index (χ2v) is 6.52. The van der Waals surface area contributed by atoms with Gasteiger partial charge in [0.05, 0.1) is 5.69 Å². The first-order chi connectivity index (χ1) is 10.8. The van der Waals surface area contributed by atoms with Crippen LogP contribution < -0.4 is 5.73 Å². The van der Waals surface area contributed by atoms with Crippen LogP contribution in [0.15, 0.2) is 29.6 Å². The zero-order chi connectivity index (χ0) is 15.8. The molecule has 0 aliphatic carbocycles. The Labute approximate surface area is 138 Å². The van der Waals surface area contributed by atoms with Crippen molar-refractivity contribution in [2.45, 2.75) is 39.7 Å². The minimum absolute atomic E-state index is 0.659. The fraction of sp³-hybridized carbons (Fsp3) is 0.500. The highest BCUT2D eigenvalue weighted by Gasteiger charge is 2.08. The third-order valence-electron chi connectivity index (χ3n) is 3.61. The van der Waals surface area contributed by atoms with Gasteiger partial charge in [-0.2, -0.15) is 0 Å². The first-order valence-electron chi connectivity index (χ1n) is 8.23. The Balaban J connectivity index is 2.11. The van der Waals surface area contributed by atoms with E-state index >= 15 is 0 Å². The Bertz CT molecular complexity index is 559. The highest BCUT2D eigenvalue weighted by Crippen LogP contribution is 2.25. The van der Waals surface area contributed by atoms with Gasteiger partial charge in [-0.1, -0.05) is 32.0 Å². The van der Waals surface area contributed by atoms with Crippen molar-refractivity contribution >= 4 is 11.3 Å². The molecule has 2 rings (SSSR count). The topological polar surface area (TPSA) is 42.2 Å². The van der Waals surface area contributed by atoms with E-state index in [1.807, 2.05) is 0 Å². The molecule has 0 saturated heterocycles. The number of hydrogen-bond donors (Lipinski definition) is 1. The van der Waals surface area contributed by atoms with Gasteiger partial charge in [-0.15, -0.1) is 11.3 Å². The molecular formula is C18H27N3S. The molecule has 120 valence electrons. The molecule has 2 N–H and O–H groups in total. The Morgan fingerprint density at radius 1 is 1.18 bits per heavy atom. The predicted molar refractivity (Wildman–Crippen MR) is 96.2 cm³/mol. The van der Waals surface area contributed by atoms with E-state index in [9.17, 15) is 0 Å². The largest absolute Gasteiger partial charge is 0.330 e. The van der Waals surface area contributed by atoms with Crippen LogP contribution in [0.25, 0.3) is 10.6 Å². The summed E-state index contributed by atoms with van der Waals surface area (Å²) in [5, 5.41) is 3.22. The summed E-state index contributed by atoms with van der Waals surface area (Å²) in [6.45, 7) is 8.50. The molecule has 0 radical (unpaired) electrons. The van der Waals surface area contributed by atoms with Crippen LogP contribution in [0.2, 0.25) is 0 Å². The van der Waals surface area contributed by atoms with Gasteiger partial charge in [0.15, 0.2) is 0 Å². The smallest absolute Gasteiger partial charge is 0.123 e. The molecule has 3 nitrogen and oxygen atoms in total. The first kappa shape index (κ1) is 17.1. The summed E-state index contributed by atoms with van der Waals surface area (Å²) in [7, 11) is 0. The van der Waals surface area contributed by atoms with Crippen LogP contribution >= 0.6 is 11.3 Å². The number of aromatic nitrogens is 1. The Kier molecular flexibility index (Phi) is 7.03. The van der Waals surface area contributed by atoms with Gasteiger partial charge in [-0.05, 0) is 44.1 Å². The Morgan fingerprint density at radius 3 is 2.64 bits per heavy atom. The first-order valence-corrected chi connectivity index (χ1v) is 9.10. The summed E-state index contributed by atoms with van der Waals surface area (Å²) in [6, 6.07) is 8.79. The molecule has 0 saturated carbocycles. The quantitative estimate of drug-likeness (QED) is 0.762. The van der Waals surface area contributed by atoms with Crippen molar-refractivity contribution in [1.82, 2.24) is 9.88 Å². The minimum Gasteiger partial charge on any atom is -0.330 e. The number of benzene rings is 1. The van der Waals surface area contributed by atoms with Gasteiger partial charge in [-0.3, -0.25) is 4.90 Å². The van der Waals surface area contributed by atoms with E-state index in [1.54, 1.807) is 11.3 Å². The summed E-state index contributed by atoms with van der Waals surface area (Å²) in [6.07, 6.45) is 3.26. The van der Waals surface area contributed by atoms with E-state index in [0.29, 0.717) is 6.54 Å². The average molecular weight is 318 g/mol. The lowest BCUT2D eigenvalue weighted by Gasteiger charge is -2.21. The molecule has 0 amide bonds. The summed E-state index contributed by atoms with van der Waals surface area (Å²) < 4.78 is 0. The third-order valence-corrected chi connectivity index (χ3v) is 4.55.